The monoisotopic (exact) mass is 436 g/mol. The quantitative estimate of drug-likeness (QED) is 0.345. The molecule has 0 aliphatic heterocycles. The number of esters is 1. The molecule has 8 heteroatoms. The number of nitrogens with one attached hydrogen (secondary N) is 1. The van der Waals surface area contributed by atoms with Crippen LogP contribution in [0.5, 0.6) is 5.75 Å². The number of methoxy groups -OCH3 is 1. The summed E-state index contributed by atoms with van der Waals surface area (Å²) in [4.78, 5) is 30.9. The van der Waals surface area contributed by atoms with Gasteiger partial charge < -0.3 is 14.5 Å². The first-order valence-electron chi connectivity index (χ1n) is 7.56. The normalized spacial score (nSPS) is 10.2. The standard InChI is InChI=1S/C18H16N2O4S.BrH/c1-23-17(22)10-24-13-8-6-12(7-9-13)16(21)11-25-18-19-14-4-2-3-5-15(14)20-18;/h2-9H,10-11H2,1H3,(H,19,20);1H. The Hall–Kier alpha value is -2.32. The number of hydrogen-bond donors (Lipinski definition) is 1. The number of ketones is 1. The number of fused-ring (bicyclic) bond motifs is 1. The second-order valence-electron chi connectivity index (χ2n) is 5.16. The van der Waals surface area contributed by atoms with E-state index in [-0.39, 0.29) is 35.1 Å². The zero-order chi connectivity index (χ0) is 17.6. The van der Waals surface area contributed by atoms with Crippen molar-refractivity contribution in [2.24, 2.45) is 0 Å². The summed E-state index contributed by atoms with van der Waals surface area (Å²) < 4.78 is 9.75. The minimum atomic E-state index is -0.456. The van der Waals surface area contributed by atoms with Gasteiger partial charge in [0.2, 0.25) is 0 Å². The van der Waals surface area contributed by atoms with Gasteiger partial charge in [0.05, 0.1) is 23.9 Å². The molecule has 1 aromatic heterocycles. The Balaban J connectivity index is 0.00000243. The summed E-state index contributed by atoms with van der Waals surface area (Å²) in [6.07, 6.45) is 0. The van der Waals surface area contributed by atoms with Gasteiger partial charge in [-0.05, 0) is 36.4 Å². The van der Waals surface area contributed by atoms with E-state index in [1.807, 2.05) is 24.3 Å². The first-order valence-corrected chi connectivity index (χ1v) is 8.54. The molecule has 0 unspecified atom stereocenters. The number of Topliss-reactive ketones (excluding diaryl/α,β-unsaturated/α-hetero) is 1. The molecule has 0 aliphatic carbocycles. The number of benzene rings is 2. The second-order valence-corrected chi connectivity index (χ2v) is 6.12. The van der Waals surface area contributed by atoms with Crippen molar-refractivity contribution in [3.05, 3.63) is 54.1 Å². The summed E-state index contributed by atoms with van der Waals surface area (Å²) in [6.45, 7) is -0.161. The number of aromatic amines is 1. The lowest BCUT2D eigenvalue weighted by molar-refractivity contribution is -0.142. The van der Waals surface area contributed by atoms with Crippen LogP contribution in [0.1, 0.15) is 10.4 Å². The molecule has 0 aliphatic rings. The third-order valence-corrected chi connectivity index (χ3v) is 4.34. The zero-order valence-corrected chi connectivity index (χ0v) is 16.5. The van der Waals surface area contributed by atoms with E-state index in [9.17, 15) is 9.59 Å². The average Bonchev–Trinajstić information content (AvgIpc) is 3.07. The summed E-state index contributed by atoms with van der Waals surface area (Å²) in [5, 5.41) is 0.715. The molecular weight excluding hydrogens is 420 g/mol. The molecule has 1 heterocycles. The predicted molar refractivity (Wildman–Crippen MR) is 105 cm³/mol. The highest BCUT2D eigenvalue weighted by molar-refractivity contribution is 8.93. The highest BCUT2D eigenvalue weighted by Crippen LogP contribution is 2.21. The Bertz CT molecular complexity index is 863. The third-order valence-electron chi connectivity index (χ3n) is 3.47. The van der Waals surface area contributed by atoms with Crippen molar-refractivity contribution >= 4 is 51.5 Å². The number of H-pyrrole nitrogens is 1. The summed E-state index contributed by atoms with van der Waals surface area (Å²) >= 11 is 1.36. The van der Waals surface area contributed by atoms with Crippen LogP contribution in [0.3, 0.4) is 0 Å². The largest absolute Gasteiger partial charge is 0.482 e. The number of rotatable bonds is 7. The van der Waals surface area contributed by atoms with E-state index in [4.69, 9.17) is 4.74 Å². The molecule has 136 valence electrons. The number of nitrogens with zero attached hydrogens (tertiary/aromatic N) is 1. The first kappa shape index (κ1) is 20.0. The molecule has 1 N–H and O–H groups in total. The maximum Gasteiger partial charge on any atom is 0.343 e. The first-order chi connectivity index (χ1) is 12.2. The molecule has 0 fully saturated rings. The Labute approximate surface area is 165 Å². The molecule has 6 nitrogen and oxygen atoms in total. The van der Waals surface area contributed by atoms with Gasteiger partial charge in [-0.3, -0.25) is 4.79 Å². The van der Waals surface area contributed by atoms with Crippen molar-refractivity contribution < 1.29 is 19.1 Å². The van der Waals surface area contributed by atoms with Gasteiger partial charge in [0, 0.05) is 5.56 Å². The zero-order valence-electron chi connectivity index (χ0n) is 13.9. The number of carbonyl (C=O) groups excluding carboxylic acids is 2. The van der Waals surface area contributed by atoms with E-state index in [2.05, 4.69) is 14.7 Å². The molecule has 0 saturated heterocycles. The van der Waals surface area contributed by atoms with Crippen molar-refractivity contribution in [3.8, 4) is 5.75 Å². The number of hydrogen-bond acceptors (Lipinski definition) is 6. The smallest absolute Gasteiger partial charge is 0.343 e. The minimum Gasteiger partial charge on any atom is -0.482 e. The van der Waals surface area contributed by atoms with Crippen LogP contribution in [0.4, 0.5) is 0 Å². The maximum absolute atomic E-state index is 12.3. The van der Waals surface area contributed by atoms with Gasteiger partial charge in [0.25, 0.3) is 0 Å². The summed E-state index contributed by atoms with van der Waals surface area (Å²) in [5.41, 5.74) is 2.41. The highest BCUT2D eigenvalue weighted by atomic mass is 79.9. The van der Waals surface area contributed by atoms with Crippen LogP contribution < -0.4 is 4.74 Å². The summed E-state index contributed by atoms with van der Waals surface area (Å²) in [7, 11) is 1.30. The summed E-state index contributed by atoms with van der Waals surface area (Å²) in [5.74, 6) is 0.321. The van der Waals surface area contributed by atoms with Gasteiger partial charge in [-0.15, -0.1) is 17.0 Å². The molecule has 0 spiro atoms. The van der Waals surface area contributed by atoms with Gasteiger partial charge in [-0.1, -0.05) is 23.9 Å². The minimum absolute atomic E-state index is 0. The fraction of sp³-hybridized carbons (Fsp3) is 0.167. The molecule has 3 aromatic rings. The number of halogens is 1. The van der Waals surface area contributed by atoms with Gasteiger partial charge in [-0.2, -0.15) is 0 Å². The fourth-order valence-corrected chi connectivity index (χ4v) is 2.93. The van der Waals surface area contributed by atoms with Gasteiger partial charge >= 0.3 is 5.97 Å². The highest BCUT2D eigenvalue weighted by Gasteiger charge is 2.10. The van der Waals surface area contributed by atoms with Gasteiger partial charge in [0.1, 0.15) is 5.75 Å². The molecular formula is C18H17BrN2O4S. The van der Waals surface area contributed by atoms with E-state index in [1.165, 1.54) is 18.9 Å². The van der Waals surface area contributed by atoms with Crippen molar-refractivity contribution in [1.82, 2.24) is 9.97 Å². The number of carbonyl (C=O) groups is 2. The van der Waals surface area contributed by atoms with Crippen molar-refractivity contribution in [1.29, 1.82) is 0 Å². The average molecular weight is 437 g/mol. The predicted octanol–water partition coefficient (Wildman–Crippen LogP) is 3.67. The SMILES string of the molecule is Br.COC(=O)COc1ccc(C(=O)CSc2nc3ccccc3[nH]2)cc1. The molecule has 0 amide bonds. The molecule has 0 bridgehead atoms. The lowest BCUT2D eigenvalue weighted by Crippen LogP contribution is -2.12. The van der Waals surface area contributed by atoms with Crippen LogP contribution in [-0.2, 0) is 9.53 Å². The third kappa shape index (κ3) is 5.09. The molecule has 0 atom stereocenters. The topological polar surface area (TPSA) is 81.3 Å². The molecule has 0 radical (unpaired) electrons. The maximum atomic E-state index is 12.3. The van der Waals surface area contributed by atoms with E-state index in [1.54, 1.807) is 24.3 Å². The van der Waals surface area contributed by atoms with E-state index >= 15 is 0 Å². The Kier molecular flexibility index (Phi) is 7.23. The number of para-hydroxylation sites is 2. The van der Waals surface area contributed by atoms with Crippen molar-refractivity contribution in [3.63, 3.8) is 0 Å². The van der Waals surface area contributed by atoms with Crippen LogP contribution in [0.25, 0.3) is 11.0 Å². The second kappa shape index (κ2) is 9.40. The van der Waals surface area contributed by atoms with Crippen LogP contribution in [0.2, 0.25) is 0 Å². The van der Waals surface area contributed by atoms with Gasteiger partial charge in [-0.25, -0.2) is 9.78 Å². The van der Waals surface area contributed by atoms with Crippen molar-refractivity contribution in [2.75, 3.05) is 19.5 Å². The summed E-state index contributed by atoms with van der Waals surface area (Å²) in [6, 6.07) is 14.4. The van der Waals surface area contributed by atoms with Crippen molar-refractivity contribution in [2.45, 2.75) is 5.16 Å². The number of thioether (sulfide) groups is 1. The lowest BCUT2D eigenvalue weighted by Gasteiger charge is -2.05. The Morgan fingerprint density at radius 1 is 1.12 bits per heavy atom. The molecule has 0 saturated carbocycles. The number of imidazole rings is 1. The van der Waals surface area contributed by atoms with E-state index in [0.717, 1.165) is 11.0 Å². The van der Waals surface area contributed by atoms with Crippen LogP contribution in [0.15, 0.2) is 53.7 Å². The molecule has 3 rings (SSSR count). The molecule has 26 heavy (non-hydrogen) atoms. The fourth-order valence-electron chi connectivity index (χ4n) is 2.15. The number of ether oxygens (including phenoxy) is 2. The van der Waals surface area contributed by atoms with E-state index in [0.29, 0.717) is 16.5 Å². The van der Waals surface area contributed by atoms with E-state index < -0.39 is 5.97 Å². The Morgan fingerprint density at radius 3 is 2.54 bits per heavy atom. The lowest BCUT2D eigenvalue weighted by atomic mass is 10.1. The van der Waals surface area contributed by atoms with Crippen LogP contribution in [-0.4, -0.2) is 41.2 Å². The van der Waals surface area contributed by atoms with Gasteiger partial charge in [0.15, 0.2) is 17.5 Å². The molecule has 2 aromatic carbocycles. The number of aromatic nitrogens is 2. The Morgan fingerprint density at radius 2 is 1.85 bits per heavy atom. The van der Waals surface area contributed by atoms with Crippen LogP contribution in [0, 0.1) is 0 Å². The van der Waals surface area contributed by atoms with Crippen LogP contribution >= 0.6 is 28.7 Å².